The highest BCUT2D eigenvalue weighted by molar-refractivity contribution is 7.92. The van der Waals surface area contributed by atoms with E-state index in [-0.39, 0.29) is 29.1 Å². The highest BCUT2D eigenvalue weighted by Gasteiger charge is 2.33. The number of carbonyl (C=O) groups excluding carboxylic acids is 2. The Morgan fingerprint density at radius 2 is 1.70 bits per heavy atom. The van der Waals surface area contributed by atoms with Gasteiger partial charge in [0.05, 0.1) is 17.7 Å². The number of benzene rings is 3. The first kappa shape index (κ1) is 29.4. The zero-order valence-corrected chi connectivity index (χ0v) is 24.2. The Balaban J connectivity index is 1.69. The van der Waals surface area contributed by atoms with Crippen LogP contribution in [0.15, 0.2) is 83.8 Å². The molecule has 0 unspecified atom stereocenters. The second-order valence-corrected chi connectivity index (χ2v) is 12.1. The molecule has 212 valence electrons. The van der Waals surface area contributed by atoms with Crippen LogP contribution in [0.2, 0.25) is 5.02 Å². The number of anilines is 1. The number of ether oxygens (including phenoxy) is 1. The van der Waals surface area contributed by atoms with Gasteiger partial charge in [-0.15, -0.1) is 0 Å². The number of halogens is 1. The Kier molecular flexibility index (Phi) is 9.71. The van der Waals surface area contributed by atoms with Gasteiger partial charge in [0.1, 0.15) is 18.3 Å². The lowest BCUT2D eigenvalue weighted by Gasteiger charge is -2.32. The van der Waals surface area contributed by atoms with Gasteiger partial charge in [-0.25, -0.2) is 8.42 Å². The van der Waals surface area contributed by atoms with E-state index in [9.17, 15) is 18.0 Å². The molecular weight excluding hydrogens is 550 g/mol. The molecule has 8 nitrogen and oxygen atoms in total. The average Bonchev–Trinajstić information content (AvgIpc) is 3.47. The molecule has 0 aliphatic heterocycles. The van der Waals surface area contributed by atoms with Crippen LogP contribution in [0, 0.1) is 0 Å². The van der Waals surface area contributed by atoms with E-state index in [1.807, 2.05) is 6.07 Å². The van der Waals surface area contributed by atoms with E-state index in [0.717, 1.165) is 35.6 Å². The summed E-state index contributed by atoms with van der Waals surface area (Å²) in [6.07, 6.45) is 3.91. The molecule has 3 aromatic carbocycles. The number of methoxy groups -OCH3 is 1. The summed E-state index contributed by atoms with van der Waals surface area (Å²) in [6, 6.07) is 20.7. The fourth-order valence-electron chi connectivity index (χ4n) is 4.82. The van der Waals surface area contributed by atoms with Gasteiger partial charge in [-0.2, -0.15) is 0 Å². The summed E-state index contributed by atoms with van der Waals surface area (Å²) in [4.78, 5) is 28.7. The van der Waals surface area contributed by atoms with Crippen molar-refractivity contribution >= 4 is 39.1 Å². The molecule has 1 saturated carbocycles. The highest BCUT2D eigenvalue weighted by Crippen LogP contribution is 2.28. The molecule has 0 saturated heterocycles. The molecule has 0 heterocycles. The van der Waals surface area contributed by atoms with E-state index < -0.39 is 28.5 Å². The minimum Gasteiger partial charge on any atom is -0.497 e. The Morgan fingerprint density at radius 1 is 1.00 bits per heavy atom. The van der Waals surface area contributed by atoms with Gasteiger partial charge < -0.3 is 15.0 Å². The van der Waals surface area contributed by atoms with Crippen LogP contribution in [-0.4, -0.2) is 50.9 Å². The van der Waals surface area contributed by atoms with Gasteiger partial charge in [0.25, 0.3) is 10.0 Å². The topological polar surface area (TPSA) is 96.0 Å². The molecule has 0 aromatic heterocycles. The number of nitrogens with zero attached hydrogens (tertiary/aromatic N) is 2. The predicted molar refractivity (Wildman–Crippen MR) is 156 cm³/mol. The smallest absolute Gasteiger partial charge is 0.264 e. The van der Waals surface area contributed by atoms with Crippen molar-refractivity contribution in [2.75, 3.05) is 18.0 Å². The van der Waals surface area contributed by atoms with E-state index >= 15 is 0 Å². The molecule has 1 aliphatic carbocycles. The van der Waals surface area contributed by atoms with Crippen molar-refractivity contribution < 1.29 is 22.7 Å². The molecule has 0 spiro atoms. The minimum absolute atomic E-state index is 0.0408. The monoisotopic (exact) mass is 583 g/mol. The van der Waals surface area contributed by atoms with E-state index in [2.05, 4.69) is 5.32 Å². The lowest BCUT2D eigenvalue weighted by Crippen LogP contribution is -2.52. The van der Waals surface area contributed by atoms with Gasteiger partial charge in [0.2, 0.25) is 11.8 Å². The molecule has 1 atom stereocenters. The third-order valence-electron chi connectivity index (χ3n) is 7.06. The molecule has 3 aromatic rings. The lowest BCUT2D eigenvalue weighted by atomic mass is 10.1. The maximum atomic E-state index is 14.0. The first-order chi connectivity index (χ1) is 19.2. The quantitative estimate of drug-likeness (QED) is 0.342. The molecule has 2 amide bonds. The van der Waals surface area contributed by atoms with Gasteiger partial charge >= 0.3 is 0 Å². The third kappa shape index (κ3) is 7.14. The largest absolute Gasteiger partial charge is 0.497 e. The number of amides is 2. The molecule has 0 bridgehead atoms. The summed E-state index contributed by atoms with van der Waals surface area (Å²) in [5, 5.41) is 3.56. The second kappa shape index (κ2) is 13.2. The SMILES string of the molecule is COc1cccc(N(CC(=O)N(Cc2cccc(Cl)c2)[C@@H](C)C(=O)NC2CCCC2)S(=O)(=O)c2ccccc2)c1. The third-order valence-corrected chi connectivity index (χ3v) is 9.09. The Labute approximate surface area is 240 Å². The zero-order valence-electron chi connectivity index (χ0n) is 22.6. The fourth-order valence-corrected chi connectivity index (χ4v) is 6.46. The van der Waals surface area contributed by atoms with Crippen molar-refractivity contribution in [3.63, 3.8) is 0 Å². The van der Waals surface area contributed by atoms with E-state index in [1.165, 1.54) is 24.1 Å². The normalized spacial score (nSPS) is 14.4. The van der Waals surface area contributed by atoms with Crippen LogP contribution in [0.5, 0.6) is 5.75 Å². The van der Waals surface area contributed by atoms with Gasteiger partial charge in [-0.05, 0) is 61.7 Å². The van der Waals surface area contributed by atoms with Crippen LogP contribution < -0.4 is 14.4 Å². The summed E-state index contributed by atoms with van der Waals surface area (Å²) >= 11 is 6.20. The van der Waals surface area contributed by atoms with Crippen LogP contribution >= 0.6 is 11.6 Å². The molecule has 1 aliphatic rings. The van der Waals surface area contributed by atoms with Crippen molar-refractivity contribution in [1.82, 2.24) is 10.2 Å². The maximum Gasteiger partial charge on any atom is 0.264 e. The van der Waals surface area contributed by atoms with Crippen LogP contribution in [-0.2, 0) is 26.2 Å². The maximum absolute atomic E-state index is 14.0. The van der Waals surface area contributed by atoms with Crippen LogP contribution in [0.3, 0.4) is 0 Å². The standard InChI is InChI=1S/C30H34ClN3O5S/c1-22(30(36)32-25-12-6-7-13-25)33(20-23-10-8-11-24(31)18-23)29(35)21-34(26-14-9-15-27(19-26)39-2)40(37,38)28-16-4-3-5-17-28/h3-5,8-11,14-19,22,25H,6-7,12-13,20-21H2,1-2H3,(H,32,36)/t22-/m0/s1. The molecule has 0 radical (unpaired) electrons. The van der Waals surface area contributed by atoms with Crippen LogP contribution in [0.25, 0.3) is 0 Å². The minimum atomic E-state index is -4.14. The summed E-state index contributed by atoms with van der Waals surface area (Å²) in [5.74, 6) is -0.365. The number of nitrogens with one attached hydrogen (secondary N) is 1. The number of sulfonamides is 1. The van der Waals surface area contributed by atoms with Gasteiger partial charge in [0.15, 0.2) is 0 Å². The number of hydrogen-bond acceptors (Lipinski definition) is 5. The molecule has 1 N–H and O–H groups in total. The van der Waals surface area contributed by atoms with E-state index in [1.54, 1.807) is 67.6 Å². The fraction of sp³-hybridized carbons (Fsp3) is 0.333. The molecule has 40 heavy (non-hydrogen) atoms. The molecule has 4 rings (SSSR count). The lowest BCUT2D eigenvalue weighted by molar-refractivity contribution is -0.139. The Hall–Kier alpha value is -3.56. The highest BCUT2D eigenvalue weighted by atomic mass is 35.5. The second-order valence-electron chi connectivity index (χ2n) is 9.84. The van der Waals surface area contributed by atoms with Crippen molar-refractivity contribution in [2.24, 2.45) is 0 Å². The molecular formula is C30H34ClN3O5S. The first-order valence-electron chi connectivity index (χ1n) is 13.2. The summed E-state index contributed by atoms with van der Waals surface area (Å²) in [6.45, 7) is 1.22. The average molecular weight is 584 g/mol. The van der Waals surface area contributed by atoms with E-state index in [0.29, 0.717) is 10.8 Å². The first-order valence-corrected chi connectivity index (χ1v) is 15.1. The van der Waals surface area contributed by atoms with Gasteiger partial charge in [-0.3, -0.25) is 13.9 Å². The van der Waals surface area contributed by atoms with Crippen molar-refractivity contribution in [1.29, 1.82) is 0 Å². The van der Waals surface area contributed by atoms with Crippen molar-refractivity contribution in [3.8, 4) is 5.75 Å². The molecule has 10 heteroatoms. The van der Waals surface area contributed by atoms with Crippen LogP contribution in [0.1, 0.15) is 38.2 Å². The predicted octanol–water partition coefficient (Wildman–Crippen LogP) is 5.02. The van der Waals surface area contributed by atoms with E-state index in [4.69, 9.17) is 16.3 Å². The number of carbonyl (C=O) groups is 2. The summed E-state index contributed by atoms with van der Waals surface area (Å²) in [7, 11) is -2.66. The zero-order chi connectivity index (χ0) is 28.7. The number of rotatable bonds is 11. The van der Waals surface area contributed by atoms with Gasteiger partial charge in [-0.1, -0.05) is 60.8 Å². The van der Waals surface area contributed by atoms with Crippen molar-refractivity contribution in [2.45, 2.75) is 56.1 Å². The Morgan fingerprint density at radius 3 is 2.38 bits per heavy atom. The summed E-state index contributed by atoms with van der Waals surface area (Å²) < 4.78 is 34.1. The molecule has 1 fully saturated rings. The van der Waals surface area contributed by atoms with Gasteiger partial charge in [0, 0.05) is 23.7 Å². The Bertz CT molecular complexity index is 1430. The summed E-state index contributed by atoms with van der Waals surface area (Å²) in [5.41, 5.74) is 0.988. The number of hydrogen-bond donors (Lipinski definition) is 1. The van der Waals surface area contributed by atoms with Crippen molar-refractivity contribution in [3.05, 3.63) is 89.4 Å². The van der Waals surface area contributed by atoms with Crippen LogP contribution in [0.4, 0.5) is 5.69 Å².